The zero-order valence-corrected chi connectivity index (χ0v) is 29.8. The third-order valence-electron chi connectivity index (χ3n) is 10.5. The Morgan fingerprint density at radius 1 is 1.09 bits per heavy atom. The maximum absolute atomic E-state index is 13.9. The van der Waals surface area contributed by atoms with Crippen molar-refractivity contribution in [3.05, 3.63) is 53.1 Å². The summed E-state index contributed by atoms with van der Waals surface area (Å²) in [4.78, 5) is 31.3. The minimum atomic E-state index is -2.00. The van der Waals surface area contributed by atoms with Crippen LogP contribution in [0.25, 0.3) is 10.2 Å². The zero-order valence-electron chi connectivity index (χ0n) is 28.0. The second-order valence-electron chi connectivity index (χ2n) is 15.5. The van der Waals surface area contributed by atoms with Crippen molar-refractivity contribution in [2.45, 2.75) is 122 Å². The molecule has 7 atom stereocenters. The molecule has 2 aliphatic carbocycles. The number of thiazole rings is 1. The van der Waals surface area contributed by atoms with Gasteiger partial charge in [0.25, 0.3) is 0 Å². The molecule has 0 unspecified atom stereocenters. The highest BCUT2D eigenvalue weighted by molar-refractivity contribution is 7.18. The highest BCUT2D eigenvalue weighted by atomic mass is 32.1. The van der Waals surface area contributed by atoms with Crippen molar-refractivity contribution < 1.29 is 23.5 Å². The first-order chi connectivity index (χ1) is 20.5. The van der Waals surface area contributed by atoms with Crippen LogP contribution in [-0.4, -0.2) is 43.6 Å². The molecule has 44 heavy (non-hydrogen) atoms. The van der Waals surface area contributed by atoms with Gasteiger partial charge in [0.2, 0.25) is 0 Å². The maximum atomic E-state index is 13.9. The highest BCUT2D eigenvalue weighted by Gasteiger charge is 2.45. The van der Waals surface area contributed by atoms with Crippen LogP contribution >= 0.6 is 11.3 Å². The van der Waals surface area contributed by atoms with Gasteiger partial charge in [-0.05, 0) is 86.7 Å². The molecule has 3 aliphatic rings. The van der Waals surface area contributed by atoms with Gasteiger partial charge in [-0.15, -0.1) is 11.3 Å². The molecule has 0 spiro atoms. The van der Waals surface area contributed by atoms with E-state index in [2.05, 4.69) is 65.9 Å². The molecule has 1 saturated heterocycles. The number of hydrogen-bond donors (Lipinski definition) is 0. The number of allylic oxidation sites excluding steroid dienone is 3. The lowest BCUT2D eigenvalue weighted by atomic mass is 9.65. The third-order valence-corrected chi connectivity index (χ3v) is 16.4. The Morgan fingerprint density at radius 2 is 1.82 bits per heavy atom. The number of cyclic esters (lactones) is 1. The predicted molar refractivity (Wildman–Crippen MR) is 180 cm³/mol. The van der Waals surface area contributed by atoms with E-state index in [9.17, 15) is 9.59 Å². The van der Waals surface area contributed by atoms with Gasteiger partial charge >= 0.3 is 11.9 Å². The van der Waals surface area contributed by atoms with Gasteiger partial charge in [-0.1, -0.05) is 65.0 Å². The van der Waals surface area contributed by atoms with Crippen LogP contribution in [0.4, 0.5) is 0 Å². The molecule has 0 radical (unpaired) electrons. The lowest BCUT2D eigenvalue weighted by Gasteiger charge is -2.44. The van der Waals surface area contributed by atoms with Gasteiger partial charge in [0, 0.05) is 12.3 Å². The molecule has 6 nitrogen and oxygen atoms in total. The number of nitrogens with zero attached hydrogens (tertiary/aromatic N) is 1. The van der Waals surface area contributed by atoms with E-state index in [-0.39, 0.29) is 47.1 Å². The molecule has 1 aliphatic heterocycles. The summed E-state index contributed by atoms with van der Waals surface area (Å²) in [5.41, 5.74) is 1.33. The number of ether oxygens (including phenoxy) is 2. The lowest BCUT2D eigenvalue weighted by molar-refractivity contribution is -0.162. The van der Waals surface area contributed by atoms with Gasteiger partial charge < -0.3 is 13.9 Å². The number of fused-ring (bicyclic) bond motifs is 2. The summed E-state index contributed by atoms with van der Waals surface area (Å²) in [7, 11) is -2.00. The second-order valence-corrected chi connectivity index (χ2v) is 21.3. The molecule has 2 heterocycles. The Kier molecular flexibility index (Phi) is 9.38. The molecule has 0 amide bonds. The molecule has 0 saturated carbocycles. The standard InChI is InChI=1S/C36H51NO5SSi/c1-22-18-24-15-14-23(2)27(17-16-25-20-26(21-31(38)40-25)42-44(8,9)35(3,4)5)32(24)29(19-22)41-34(39)36(6,7)33-37-28-12-10-11-13-30(28)43-33/h10-15,18,22-23,25-27,29,32H,16-17,19-21H2,1-9H3/t22-,23-,25+,26+,27-,29-,32-/m0/s1. The smallest absolute Gasteiger partial charge is 0.318 e. The average molecular weight is 638 g/mol. The van der Waals surface area contributed by atoms with Crippen LogP contribution in [0, 0.1) is 23.7 Å². The number of carbonyl (C=O) groups is 2. The fourth-order valence-electron chi connectivity index (χ4n) is 6.82. The van der Waals surface area contributed by atoms with Gasteiger partial charge in [0.1, 0.15) is 22.6 Å². The Hall–Kier alpha value is -2.29. The molecule has 2 aromatic rings. The van der Waals surface area contributed by atoms with Crippen LogP contribution < -0.4 is 0 Å². The molecule has 1 aromatic carbocycles. The van der Waals surface area contributed by atoms with Crippen LogP contribution in [0.15, 0.2) is 48.1 Å². The zero-order chi connectivity index (χ0) is 32.0. The minimum absolute atomic E-state index is 0.0859. The number of aromatic nitrogens is 1. The van der Waals surface area contributed by atoms with Gasteiger partial charge in [0.05, 0.1) is 22.7 Å². The van der Waals surface area contributed by atoms with E-state index < -0.39 is 13.7 Å². The van der Waals surface area contributed by atoms with Crippen molar-refractivity contribution in [1.82, 2.24) is 4.98 Å². The van der Waals surface area contributed by atoms with Gasteiger partial charge in [-0.3, -0.25) is 9.59 Å². The molecule has 0 N–H and O–H groups in total. The van der Waals surface area contributed by atoms with Gasteiger partial charge in [-0.2, -0.15) is 0 Å². The summed E-state index contributed by atoms with van der Waals surface area (Å²) in [6.07, 6.45) is 9.98. The largest absolute Gasteiger partial charge is 0.462 e. The summed E-state index contributed by atoms with van der Waals surface area (Å²) in [5, 5.41) is 0.869. The maximum Gasteiger partial charge on any atom is 0.318 e. The van der Waals surface area contributed by atoms with E-state index in [1.165, 1.54) is 5.57 Å². The number of para-hydroxylation sites is 1. The van der Waals surface area contributed by atoms with E-state index in [1.807, 2.05) is 38.1 Å². The average Bonchev–Trinajstić information content (AvgIpc) is 3.37. The Morgan fingerprint density at radius 3 is 2.52 bits per heavy atom. The first-order valence-corrected chi connectivity index (χ1v) is 20.1. The lowest BCUT2D eigenvalue weighted by Crippen LogP contribution is -2.47. The number of esters is 2. The summed E-state index contributed by atoms with van der Waals surface area (Å²) >= 11 is 1.56. The fourth-order valence-corrected chi connectivity index (χ4v) is 9.24. The number of rotatable bonds is 8. The molecular weight excluding hydrogens is 587 g/mol. The summed E-state index contributed by atoms with van der Waals surface area (Å²) < 4.78 is 20.1. The third kappa shape index (κ3) is 6.92. The summed E-state index contributed by atoms with van der Waals surface area (Å²) in [6.45, 7) is 19.5. The van der Waals surface area contributed by atoms with Crippen molar-refractivity contribution in [2.24, 2.45) is 23.7 Å². The number of benzene rings is 1. The summed E-state index contributed by atoms with van der Waals surface area (Å²) in [5.74, 6) is 0.654. The molecule has 5 rings (SSSR count). The number of hydrogen-bond acceptors (Lipinski definition) is 7. The molecular formula is C36H51NO5SSi. The monoisotopic (exact) mass is 637 g/mol. The minimum Gasteiger partial charge on any atom is -0.462 e. The first-order valence-electron chi connectivity index (χ1n) is 16.4. The SMILES string of the molecule is C[C@H]1C=C2C=C[C@H](C)[C@H](CC[C@@H]3C[C@@H](O[Si](C)(C)C(C)(C)C)CC(=O)O3)[C@H]2[C@@H](OC(=O)C(C)(C)c2nc3ccccc3s2)C1. The van der Waals surface area contributed by atoms with Crippen molar-refractivity contribution in [1.29, 1.82) is 0 Å². The van der Waals surface area contributed by atoms with E-state index >= 15 is 0 Å². The van der Waals surface area contributed by atoms with Crippen molar-refractivity contribution in [2.75, 3.05) is 0 Å². The molecule has 8 heteroatoms. The second kappa shape index (κ2) is 12.5. The molecule has 0 bridgehead atoms. The van der Waals surface area contributed by atoms with Gasteiger partial charge in [0.15, 0.2) is 8.32 Å². The van der Waals surface area contributed by atoms with E-state index in [0.717, 1.165) is 40.9 Å². The first kappa shape index (κ1) is 33.1. The fraction of sp³-hybridized carbons (Fsp3) is 0.639. The number of carbonyl (C=O) groups excluding carboxylic acids is 2. The van der Waals surface area contributed by atoms with Crippen LogP contribution in [-0.2, 0) is 28.9 Å². The van der Waals surface area contributed by atoms with E-state index in [4.69, 9.17) is 18.9 Å². The quantitative estimate of drug-likeness (QED) is 0.213. The van der Waals surface area contributed by atoms with Gasteiger partial charge in [-0.25, -0.2) is 4.98 Å². The van der Waals surface area contributed by atoms with Crippen molar-refractivity contribution >= 4 is 41.8 Å². The Balaban J connectivity index is 1.30. The van der Waals surface area contributed by atoms with Crippen molar-refractivity contribution in [3.8, 4) is 0 Å². The highest BCUT2D eigenvalue weighted by Crippen LogP contribution is 2.46. The topological polar surface area (TPSA) is 74.7 Å². The van der Waals surface area contributed by atoms with Crippen molar-refractivity contribution in [3.63, 3.8) is 0 Å². The molecule has 240 valence electrons. The van der Waals surface area contributed by atoms with E-state index in [1.54, 1.807) is 11.3 Å². The van der Waals surface area contributed by atoms with Crippen LogP contribution in [0.3, 0.4) is 0 Å². The van der Waals surface area contributed by atoms with Crippen LogP contribution in [0.1, 0.15) is 85.6 Å². The predicted octanol–water partition coefficient (Wildman–Crippen LogP) is 8.77. The molecule has 1 aromatic heterocycles. The van der Waals surface area contributed by atoms with Crippen LogP contribution in [0.5, 0.6) is 0 Å². The molecule has 1 fully saturated rings. The summed E-state index contributed by atoms with van der Waals surface area (Å²) in [6, 6.07) is 8.01. The van der Waals surface area contributed by atoms with E-state index in [0.29, 0.717) is 18.3 Å². The van der Waals surface area contributed by atoms with Crippen LogP contribution in [0.2, 0.25) is 18.1 Å². The Labute approximate surface area is 268 Å². The normalized spacial score (nSPS) is 29.6. The Bertz CT molecular complexity index is 1400.